The number of rotatable bonds is 6. The van der Waals surface area contributed by atoms with E-state index >= 15 is 0 Å². The number of nitrogens with one attached hydrogen (secondary N) is 1. The molecule has 30 heavy (non-hydrogen) atoms. The van der Waals surface area contributed by atoms with Crippen LogP contribution in [0, 0.1) is 0 Å². The van der Waals surface area contributed by atoms with Gasteiger partial charge in [-0.2, -0.15) is 0 Å². The van der Waals surface area contributed by atoms with Gasteiger partial charge in [-0.15, -0.1) is 10.2 Å². The molecule has 1 N–H and O–H groups in total. The van der Waals surface area contributed by atoms with Crippen LogP contribution < -0.4 is 14.8 Å². The highest BCUT2D eigenvalue weighted by atomic mass is 16.5. The molecule has 0 saturated carbocycles. The van der Waals surface area contributed by atoms with E-state index in [-0.39, 0.29) is 5.91 Å². The largest absolute Gasteiger partial charge is 0.497 e. The van der Waals surface area contributed by atoms with Crippen molar-refractivity contribution in [3.05, 3.63) is 78.4 Å². The minimum Gasteiger partial charge on any atom is -0.497 e. The fourth-order valence-corrected chi connectivity index (χ4v) is 2.95. The number of carbonyl (C=O) groups is 1. The summed E-state index contributed by atoms with van der Waals surface area (Å²) in [5.74, 6) is 1.53. The lowest BCUT2D eigenvalue weighted by Gasteiger charge is -2.11. The maximum absolute atomic E-state index is 12.7. The highest BCUT2D eigenvalue weighted by molar-refractivity contribution is 6.06. The normalized spacial score (nSPS) is 10.5. The molecule has 7 heteroatoms. The van der Waals surface area contributed by atoms with Crippen LogP contribution in [0.1, 0.15) is 10.4 Å². The molecule has 4 rings (SSSR count). The van der Waals surface area contributed by atoms with Gasteiger partial charge in [-0.3, -0.25) is 4.79 Å². The molecule has 0 aliphatic rings. The van der Waals surface area contributed by atoms with E-state index in [9.17, 15) is 4.79 Å². The Hall–Kier alpha value is -4.13. The molecule has 1 amide bonds. The molecule has 0 radical (unpaired) electrons. The number of ether oxygens (including phenoxy) is 2. The van der Waals surface area contributed by atoms with Gasteiger partial charge < -0.3 is 19.2 Å². The summed E-state index contributed by atoms with van der Waals surface area (Å²) < 4.78 is 16.3. The number of benzene rings is 3. The maximum atomic E-state index is 12.7. The highest BCUT2D eigenvalue weighted by Gasteiger charge is 2.15. The second-order valence-corrected chi connectivity index (χ2v) is 6.38. The average molecular weight is 401 g/mol. The fraction of sp³-hybridized carbons (Fsp3) is 0.0870. The van der Waals surface area contributed by atoms with Gasteiger partial charge in [0, 0.05) is 22.9 Å². The molecule has 0 bridgehead atoms. The highest BCUT2D eigenvalue weighted by Crippen LogP contribution is 2.28. The van der Waals surface area contributed by atoms with Gasteiger partial charge in [0.2, 0.25) is 11.8 Å². The molecule has 1 aromatic heterocycles. The molecular formula is C23H19N3O4. The van der Waals surface area contributed by atoms with Crippen LogP contribution in [0.15, 0.2) is 77.2 Å². The first kappa shape index (κ1) is 19.2. The van der Waals surface area contributed by atoms with Crippen molar-refractivity contribution in [2.45, 2.75) is 0 Å². The van der Waals surface area contributed by atoms with Crippen LogP contribution in [-0.2, 0) is 0 Å². The Balaban J connectivity index is 1.56. The second kappa shape index (κ2) is 8.48. The van der Waals surface area contributed by atoms with Crippen LogP contribution in [0.25, 0.3) is 22.9 Å². The van der Waals surface area contributed by atoms with E-state index in [0.29, 0.717) is 40.1 Å². The van der Waals surface area contributed by atoms with Crippen molar-refractivity contribution in [3.8, 4) is 34.4 Å². The van der Waals surface area contributed by atoms with Gasteiger partial charge in [0.25, 0.3) is 5.91 Å². The Morgan fingerprint density at radius 1 is 0.833 bits per heavy atom. The molecule has 3 aromatic carbocycles. The zero-order valence-electron chi connectivity index (χ0n) is 16.5. The van der Waals surface area contributed by atoms with E-state index in [1.54, 1.807) is 37.4 Å². The summed E-state index contributed by atoms with van der Waals surface area (Å²) in [4.78, 5) is 12.7. The summed E-state index contributed by atoms with van der Waals surface area (Å²) in [6.45, 7) is 0. The summed E-state index contributed by atoms with van der Waals surface area (Å²) in [6.07, 6.45) is 0. The lowest BCUT2D eigenvalue weighted by molar-refractivity contribution is 0.102. The van der Waals surface area contributed by atoms with E-state index in [4.69, 9.17) is 13.9 Å². The third-order valence-electron chi connectivity index (χ3n) is 4.47. The maximum Gasteiger partial charge on any atom is 0.259 e. The number of methoxy groups -OCH3 is 2. The number of hydrogen-bond acceptors (Lipinski definition) is 6. The van der Waals surface area contributed by atoms with E-state index in [0.717, 1.165) is 5.56 Å². The SMILES string of the molecule is COc1ccc(C(=O)Nc2cccc(-c3nnc(-c4ccccc4)o3)c2)c(OC)c1. The quantitative estimate of drug-likeness (QED) is 0.505. The molecule has 0 aliphatic carbocycles. The van der Waals surface area contributed by atoms with E-state index in [1.165, 1.54) is 7.11 Å². The molecule has 150 valence electrons. The molecule has 1 heterocycles. The molecule has 0 spiro atoms. The van der Waals surface area contributed by atoms with Crippen molar-refractivity contribution in [3.63, 3.8) is 0 Å². The Morgan fingerprint density at radius 3 is 2.30 bits per heavy atom. The smallest absolute Gasteiger partial charge is 0.259 e. The van der Waals surface area contributed by atoms with Gasteiger partial charge in [0.1, 0.15) is 11.5 Å². The predicted octanol–water partition coefficient (Wildman–Crippen LogP) is 4.67. The van der Waals surface area contributed by atoms with Gasteiger partial charge in [0.15, 0.2) is 0 Å². The predicted molar refractivity (Wildman–Crippen MR) is 113 cm³/mol. The number of anilines is 1. The molecule has 0 fully saturated rings. The first-order valence-electron chi connectivity index (χ1n) is 9.20. The topological polar surface area (TPSA) is 86.5 Å². The van der Waals surface area contributed by atoms with Crippen LogP contribution in [0.3, 0.4) is 0 Å². The minimum atomic E-state index is -0.304. The molecule has 7 nitrogen and oxygen atoms in total. The molecule has 4 aromatic rings. The number of hydrogen-bond donors (Lipinski definition) is 1. The molecule has 0 atom stereocenters. The van der Waals surface area contributed by atoms with Crippen molar-refractivity contribution in [1.29, 1.82) is 0 Å². The number of amides is 1. The van der Waals surface area contributed by atoms with Crippen molar-refractivity contribution in [1.82, 2.24) is 10.2 Å². The van der Waals surface area contributed by atoms with Crippen molar-refractivity contribution in [2.24, 2.45) is 0 Å². The Kier molecular flexibility index (Phi) is 5.43. The van der Waals surface area contributed by atoms with Crippen LogP contribution in [0.2, 0.25) is 0 Å². The van der Waals surface area contributed by atoms with Crippen LogP contribution in [0.4, 0.5) is 5.69 Å². The third-order valence-corrected chi connectivity index (χ3v) is 4.47. The summed E-state index contributed by atoms with van der Waals surface area (Å²) in [5, 5.41) is 11.1. The molecule has 0 aliphatic heterocycles. The lowest BCUT2D eigenvalue weighted by Crippen LogP contribution is -2.13. The lowest BCUT2D eigenvalue weighted by atomic mass is 10.1. The van der Waals surface area contributed by atoms with Gasteiger partial charge in [-0.25, -0.2) is 0 Å². The number of nitrogens with zero attached hydrogens (tertiary/aromatic N) is 2. The number of carbonyl (C=O) groups excluding carboxylic acids is 1. The fourth-order valence-electron chi connectivity index (χ4n) is 2.95. The van der Waals surface area contributed by atoms with Crippen molar-refractivity contribution < 1.29 is 18.7 Å². The van der Waals surface area contributed by atoms with Crippen LogP contribution in [0.5, 0.6) is 11.5 Å². The molecular weight excluding hydrogens is 382 g/mol. The van der Waals surface area contributed by atoms with Crippen LogP contribution in [-0.4, -0.2) is 30.3 Å². The zero-order valence-corrected chi connectivity index (χ0v) is 16.5. The Bertz CT molecular complexity index is 1170. The summed E-state index contributed by atoms with van der Waals surface area (Å²) >= 11 is 0. The van der Waals surface area contributed by atoms with Gasteiger partial charge >= 0.3 is 0 Å². The first-order chi connectivity index (χ1) is 14.7. The van der Waals surface area contributed by atoms with Crippen molar-refractivity contribution >= 4 is 11.6 Å². The second-order valence-electron chi connectivity index (χ2n) is 6.38. The van der Waals surface area contributed by atoms with Gasteiger partial charge in [0.05, 0.1) is 19.8 Å². The Morgan fingerprint density at radius 2 is 1.57 bits per heavy atom. The average Bonchev–Trinajstić information content (AvgIpc) is 3.30. The van der Waals surface area contributed by atoms with E-state index < -0.39 is 0 Å². The molecule has 0 unspecified atom stereocenters. The van der Waals surface area contributed by atoms with Crippen LogP contribution >= 0.6 is 0 Å². The van der Waals surface area contributed by atoms with Crippen molar-refractivity contribution in [2.75, 3.05) is 19.5 Å². The monoisotopic (exact) mass is 401 g/mol. The Labute approximate surface area is 173 Å². The minimum absolute atomic E-state index is 0.304. The van der Waals surface area contributed by atoms with Gasteiger partial charge in [-0.05, 0) is 42.5 Å². The number of aromatic nitrogens is 2. The van der Waals surface area contributed by atoms with E-state index in [1.807, 2.05) is 42.5 Å². The van der Waals surface area contributed by atoms with Gasteiger partial charge in [-0.1, -0.05) is 24.3 Å². The summed E-state index contributed by atoms with van der Waals surface area (Å²) in [5.41, 5.74) is 2.53. The third kappa shape index (κ3) is 4.00. The first-order valence-corrected chi connectivity index (χ1v) is 9.20. The standard InChI is InChI=1S/C23H19N3O4/c1-28-18-11-12-19(20(14-18)29-2)21(27)24-17-10-6-9-16(13-17)23-26-25-22(30-23)15-7-4-3-5-8-15/h3-14H,1-2H3,(H,24,27). The van der Waals surface area contributed by atoms with E-state index in [2.05, 4.69) is 15.5 Å². The molecule has 0 saturated heterocycles. The summed E-state index contributed by atoms with van der Waals surface area (Å²) in [6, 6.07) is 21.8. The zero-order chi connectivity index (χ0) is 20.9. The summed E-state index contributed by atoms with van der Waals surface area (Å²) in [7, 11) is 3.06.